The van der Waals surface area contributed by atoms with Crippen LogP contribution < -0.4 is 0 Å². The van der Waals surface area contributed by atoms with Crippen LogP contribution in [0.1, 0.15) is 6.42 Å². The van der Waals surface area contributed by atoms with Gasteiger partial charge in [-0.1, -0.05) is 0 Å². The molecule has 0 N–H and O–H groups in total. The van der Waals surface area contributed by atoms with Gasteiger partial charge in [-0.3, -0.25) is 10.1 Å². The van der Waals surface area contributed by atoms with Crippen molar-refractivity contribution in [3.63, 3.8) is 0 Å². The molecule has 0 aromatic heterocycles. The van der Waals surface area contributed by atoms with Gasteiger partial charge in [-0.15, -0.1) is 0 Å². The minimum atomic E-state index is -0.501. The largest absolute Gasteiger partial charge is 0.376 e. The molecule has 5 heteroatoms. The highest BCUT2D eigenvalue weighted by molar-refractivity contribution is 4.64. The first-order valence-electron chi connectivity index (χ1n) is 3.10. The fourth-order valence-corrected chi connectivity index (χ4v) is 0.675. The second-order valence-corrected chi connectivity index (χ2v) is 2.11. The SMILES string of the molecule is O=[N+]([O-])COCC1CCO1. The van der Waals surface area contributed by atoms with E-state index in [1.165, 1.54) is 0 Å². The maximum absolute atomic E-state index is 9.73. The van der Waals surface area contributed by atoms with Gasteiger partial charge in [-0.2, -0.15) is 0 Å². The first-order chi connectivity index (χ1) is 4.79. The van der Waals surface area contributed by atoms with E-state index in [1.54, 1.807) is 0 Å². The molecule has 0 amide bonds. The zero-order valence-corrected chi connectivity index (χ0v) is 5.49. The van der Waals surface area contributed by atoms with Crippen molar-refractivity contribution in [3.8, 4) is 0 Å². The highest BCUT2D eigenvalue weighted by atomic mass is 16.7. The van der Waals surface area contributed by atoms with E-state index in [-0.39, 0.29) is 6.10 Å². The van der Waals surface area contributed by atoms with Crippen molar-refractivity contribution >= 4 is 0 Å². The summed E-state index contributed by atoms with van der Waals surface area (Å²) in [6.45, 7) is 0.688. The van der Waals surface area contributed by atoms with Gasteiger partial charge in [0, 0.05) is 11.5 Å². The molecule has 1 atom stereocenters. The average molecular weight is 147 g/mol. The molecule has 10 heavy (non-hydrogen) atoms. The number of rotatable bonds is 4. The van der Waals surface area contributed by atoms with E-state index in [0.29, 0.717) is 6.61 Å². The van der Waals surface area contributed by atoms with Crippen LogP contribution in [0.4, 0.5) is 0 Å². The van der Waals surface area contributed by atoms with E-state index in [4.69, 9.17) is 4.74 Å². The van der Waals surface area contributed by atoms with E-state index in [9.17, 15) is 10.1 Å². The highest BCUT2D eigenvalue weighted by Crippen LogP contribution is 2.10. The van der Waals surface area contributed by atoms with E-state index in [2.05, 4.69) is 4.74 Å². The van der Waals surface area contributed by atoms with Crippen LogP contribution >= 0.6 is 0 Å². The predicted octanol–water partition coefficient (Wildman–Crippen LogP) is 0.0261. The molecular formula is C5H9NO4. The molecule has 1 heterocycles. The van der Waals surface area contributed by atoms with Crippen LogP contribution in [0.5, 0.6) is 0 Å². The molecule has 1 fully saturated rings. The third-order valence-electron chi connectivity index (χ3n) is 1.29. The van der Waals surface area contributed by atoms with Gasteiger partial charge in [0.15, 0.2) is 0 Å². The lowest BCUT2D eigenvalue weighted by Crippen LogP contribution is -2.32. The Morgan fingerprint density at radius 1 is 1.80 bits per heavy atom. The smallest absolute Gasteiger partial charge is 0.306 e. The molecule has 1 rings (SSSR count). The van der Waals surface area contributed by atoms with Gasteiger partial charge in [-0.05, 0) is 6.42 Å². The van der Waals surface area contributed by atoms with Gasteiger partial charge < -0.3 is 9.47 Å². The van der Waals surface area contributed by atoms with Gasteiger partial charge in [0.05, 0.1) is 12.7 Å². The van der Waals surface area contributed by atoms with E-state index < -0.39 is 11.7 Å². The quantitative estimate of drug-likeness (QED) is 0.319. The lowest BCUT2D eigenvalue weighted by Gasteiger charge is -2.24. The van der Waals surface area contributed by atoms with Crippen LogP contribution in [0.2, 0.25) is 0 Å². The number of ether oxygens (including phenoxy) is 2. The first kappa shape index (κ1) is 7.43. The topological polar surface area (TPSA) is 61.6 Å². The van der Waals surface area contributed by atoms with Crippen LogP contribution in [-0.2, 0) is 9.47 Å². The molecule has 0 radical (unpaired) electrons. The number of nitro groups is 1. The maximum atomic E-state index is 9.73. The van der Waals surface area contributed by atoms with Gasteiger partial charge in [0.2, 0.25) is 0 Å². The monoisotopic (exact) mass is 147 g/mol. The molecule has 0 aromatic rings. The Labute approximate surface area is 58.1 Å². The normalized spacial score (nSPS) is 23.8. The molecule has 58 valence electrons. The number of nitrogens with zero attached hydrogens (tertiary/aromatic N) is 1. The molecule has 1 saturated heterocycles. The fourth-order valence-electron chi connectivity index (χ4n) is 0.675. The molecular weight excluding hydrogens is 138 g/mol. The Hall–Kier alpha value is -0.680. The van der Waals surface area contributed by atoms with Crippen LogP contribution in [0.15, 0.2) is 0 Å². The van der Waals surface area contributed by atoms with Crippen molar-refractivity contribution in [2.45, 2.75) is 12.5 Å². The Kier molecular flexibility index (Phi) is 2.58. The molecule has 0 spiro atoms. The van der Waals surface area contributed by atoms with Crippen molar-refractivity contribution in [1.29, 1.82) is 0 Å². The lowest BCUT2D eigenvalue weighted by molar-refractivity contribution is -0.527. The minimum Gasteiger partial charge on any atom is -0.376 e. The lowest BCUT2D eigenvalue weighted by atomic mass is 10.2. The third-order valence-corrected chi connectivity index (χ3v) is 1.29. The van der Waals surface area contributed by atoms with Gasteiger partial charge >= 0.3 is 6.73 Å². The predicted molar refractivity (Wildman–Crippen MR) is 32.2 cm³/mol. The molecule has 1 aliphatic heterocycles. The Morgan fingerprint density at radius 2 is 2.50 bits per heavy atom. The van der Waals surface area contributed by atoms with Crippen molar-refractivity contribution in [1.82, 2.24) is 0 Å². The second kappa shape index (κ2) is 3.48. The summed E-state index contributed by atoms with van der Waals surface area (Å²) in [6.07, 6.45) is 1.05. The van der Waals surface area contributed by atoms with E-state index in [1.807, 2.05) is 0 Å². The molecule has 0 aromatic carbocycles. The molecule has 0 bridgehead atoms. The van der Waals surface area contributed by atoms with Crippen LogP contribution in [0, 0.1) is 10.1 Å². The summed E-state index contributed by atoms with van der Waals surface area (Å²) in [4.78, 5) is 9.23. The number of hydrogen-bond acceptors (Lipinski definition) is 4. The van der Waals surface area contributed by atoms with Gasteiger partial charge in [-0.25, -0.2) is 0 Å². The summed E-state index contributed by atoms with van der Waals surface area (Å²) in [5.74, 6) is 0. The van der Waals surface area contributed by atoms with Crippen molar-refractivity contribution in [3.05, 3.63) is 10.1 Å². The van der Waals surface area contributed by atoms with Gasteiger partial charge in [0.1, 0.15) is 0 Å². The summed E-state index contributed by atoms with van der Waals surface area (Å²) in [5.41, 5.74) is 0. The second-order valence-electron chi connectivity index (χ2n) is 2.11. The Bertz CT molecular complexity index is 123. The summed E-state index contributed by atoms with van der Waals surface area (Å²) in [5, 5.41) is 9.73. The van der Waals surface area contributed by atoms with Crippen LogP contribution in [-0.4, -0.2) is 31.0 Å². The third kappa shape index (κ3) is 2.28. The summed E-state index contributed by atoms with van der Waals surface area (Å²) in [7, 11) is 0. The molecule has 0 aliphatic carbocycles. The zero-order chi connectivity index (χ0) is 7.40. The van der Waals surface area contributed by atoms with Gasteiger partial charge in [0.25, 0.3) is 0 Å². The van der Waals surface area contributed by atoms with Crippen molar-refractivity contribution in [2.75, 3.05) is 19.9 Å². The number of hydrogen-bond donors (Lipinski definition) is 0. The van der Waals surface area contributed by atoms with Crippen LogP contribution in [0.3, 0.4) is 0 Å². The fraction of sp³-hybridized carbons (Fsp3) is 1.00. The molecule has 5 nitrogen and oxygen atoms in total. The zero-order valence-electron chi connectivity index (χ0n) is 5.49. The summed E-state index contributed by atoms with van der Waals surface area (Å²) >= 11 is 0. The molecule has 0 saturated carbocycles. The molecule has 1 aliphatic rings. The Balaban J connectivity index is 1.89. The summed E-state index contributed by atoms with van der Waals surface area (Å²) < 4.78 is 9.64. The maximum Gasteiger partial charge on any atom is 0.306 e. The minimum absolute atomic E-state index is 0.0972. The average Bonchev–Trinajstić information content (AvgIpc) is 1.75. The Morgan fingerprint density at radius 3 is 2.90 bits per heavy atom. The van der Waals surface area contributed by atoms with Crippen LogP contribution in [0.25, 0.3) is 0 Å². The first-order valence-corrected chi connectivity index (χ1v) is 3.10. The van der Waals surface area contributed by atoms with Crippen molar-refractivity contribution in [2.24, 2.45) is 0 Å². The standard InChI is InChI=1S/C5H9NO4/c7-6(8)4-9-3-5-1-2-10-5/h5H,1-4H2. The summed E-state index contributed by atoms with van der Waals surface area (Å²) in [6, 6.07) is 0. The van der Waals surface area contributed by atoms with E-state index >= 15 is 0 Å². The van der Waals surface area contributed by atoms with E-state index in [0.717, 1.165) is 13.0 Å². The molecule has 1 unspecified atom stereocenters. The van der Waals surface area contributed by atoms with Crippen molar-refractivity contribution < 1.29 is 14.4 Å². The highest BCUT2D eigenvalue weighted by Gasteiger charge is 2.18.